The molecule has 2 aliphatic rings. The molecule has 0 radical (unpaired) electrons. The summed E-state index contributed by atoms with van der Waals surface area (Å²) >= 11 is 0. The van der Waals surface area contributed by atoms with Crippen LogP contribution in [0.5, 0.6) is 5.75 Å². The summed E-state index contributed by atoms with van der Waals surface area (Å²) in [6.45, 7) is -0.542. The Hall–Kier alpha value is -3.50. The summed E-state index contributed by atoms with van der Waals surface area (Å²) in [5, 5.41) is 0. The molecule has 35 heavy (non-hydrogen) atoms. The molecular formula is C25H20F4N2O4. The number of fused-ring (bicyclic) bond motifs is 1. The molecule has 1 saturated heterocycles. The molecule has 1 fully saturated rings. The quantitative estimate of drug-likeness (QED) is 0.464. The van der Waals surface area contributed by atoms with Crippen LogP contribution in [0.15, 0.2) is 54.7 Å². The molecule has 10 heteroatoms. The van der Waals surface area contributed by atoms with Crippen molar-refractivity contribution < 1.29 is 36.6 Å². The minimum absolute atomic E-state index is 0.144. The van der Waals surface area contributed by atoms with Gasteiger partial charge in [-0.2, -0.15) is 13.2 Å². The molecule has 0 N–H and O–H groups in total. The van der Waals surface area contributed by atoms with E-state index in [0.717, 1.165) is 17.7 Å². The molecule has 1 amide bonds. The first-order valence-electron chi connectivity index (χ1n) is 10.7. The molecule has 6 nitrogen and oxygen atoms in total. The maximum Gasteiger partial charge on any atom is 0.422 e. The van der Waals surface area contributed by atoms with E-state index in [9.17, 15) is 22.4 Å². The topological polar surface area (TPSA) is 60.9 Å². The van der Waals surface area contributed by atoms with Gasteiger partial charge in [-0.15, -0.1) is 0 Å². The maximum atomic E-state index is 13.8. The zero-order chi connectivity index (χ0) is 24.8. The van der Waals surface area contributed by atoms with Gasteiger partial charge in [-0.1, -0.05) is 12.1 Å². The predicted molar refractivity (Wildman–Crippen MR) is 118 cm³/mol. The first-order valence-corrected chi connectivity index (χ1v) is 10.7. The minimum Gasteiger partial charge on any atom is -0.483 e. The zero-order valence-electron chi connectivity index (χ0n) is 18.6. The van der Waals surface area contributed by atoms with E-state index in [1.165, 1.54) is 12.3 Å². The maximum absolute atomic E-state index is 13.8. The fourth-order valence-corrected chi connectivity index (χ4v) is 4.27. The molecule has 0 aliphatic carbocycles. The molecule has 0 bridgehead atoms. The highest BCUT2D eigenvalue weighted by atomic mass is 19.4. The number of halogens is 4. The molecular weight excluding hydrogens is 468 g/mol. The molecule has 0 spiro atoms. The summed E-state index contributed by atoms with van der Waals surface area (Å²) in [7, 11) is 1.62. The van der Waals surface area contributed by atoms with Crippen LogP contribution in [-0.4, -0.2) is 44.0 Å². The van der Waals surface area contributed by atoms with E-state index >= 15 is 0 Å². The summed E-state index contributed by atoms with van der Waals surface area (Å²) in [6, 6.07) is 12.2. The van der Waals surface area contributed by atoms with Gasteiger partial charge < -0.3 is 19.1 Å². The monoisotopic (exact) mass is 488 g/mol. The van der Waals surface area contributed by atoms with E-state index in [4.69, 9.17) is 14.2 Å². The highest BCUT2D eigenvalue weighted by Gasteiger charge is 2.41. The Bertz CT molecular complexity index is 1270. The molecule has 2 aromatic carbocycles. The molecule has 182 valence electrons. The Morgan fingerprint density at radius 2 is 1.83 bits per heavy atom. The highest BCUT2D eigenvalue weighted by Crippen LogP contribution is 2.39. The second-order valence-electron chi connectivity index (χ2n) is 8.36. The average molecular weight is 488 g/mol. The molecule has 0 saturated carbocycles. The van der Waals surface area contributed by atoms with Crippen molar-refractivity contribution in [2.45, 2.75) is 18.3 Å². The Kier molecular flexibility index (Phi) is 5.72. The first kappa shape index (κ1) is 23.3. The van der Waals surface area contributed by atoms with E-state index in [1.54, 1.807) is 30.2 Å². The van der Waals surface area contributed by atoms with Gasteiger partial charge in [-0.3, -0.25) is 9.78 Å². The third-order valence-electron chi connectivity index (χ3n) is 6.20. The summed E-state index contributed by atoms with van der Waals surface area (Å²) in [5.41, 5.74) is 2.39. The van der Waals surface area contributed by atoms with Gasteiger partial charge in [0.25, 0.3) is 5.91 Å². The molecule has 5 rings (SSSR count). The number of amides is 1. The normalized spacial score (nSPS) is 16.7. The van der Waals surface area contributed by atoms with Gasteiger partial charge in [-0.05, 0) is 35.9 Å². The van der Waals surface area contributed by atoms with Crippen LogP contribution in [0.3, 0.4) is 0 Å². The number of carbonyl (C=O) groups excluding carboxylic acids is 1. The first-order chi connectivity index (χ1) is 16.7. The van der Waals surface area contributed by atoms with Gasteiger partial charge in [-0.25, -0.2) is 4.39 Å². The molecule has 1 aromatic heterocycles. The summed E-state index contributed by atoms with van der Waals surface area (Å²) in [6.07, 6.45) is -3.20. The van der Waals surface area contributed by atoms with Crippen molar-refractivity contribution in [3.8, 4) is 17.0 Å². The number of hydrogen-bond acceptors (Lipinski definition) is 5. The Labute approximate surface area is 198 Å². The van der Waals surface area contributed by atoms with Crippen molar-refractivity contribution >= 4 is 11.6 Å². The summed E-state index contributed by atoms with van der Waals surface area (Å²) in [5.74, 6) is -1.32. The van der Waals surface area contributed by atoms with Crippen LogP contribution in [0, 0.1) is 5.82 Å². The number of alkyl halides is 3. The molecule has 3 aromatic rings. The molecule has 0 atom stereocenters. The van der Waals surface area contributed by atoms with Gasteiger partial charge in [0.15, 0.2) is 6.61 Å². The number of methoxy groups -OCH3 is 1. The highest BCUT2D eigenvalue weighted by molar-refractivity contribution is 6.11. The Balaban J connectivity index is 1.47. The van der Waals surface area contributed by atoms with Crippen LogP contribution in [-0.2, 0) is 21.6 Å². The average Bonchev–Trinajstić information content (AvgIpc) is 3.14. The van der Waals surface area contributed by atoms with E-state index in [-0.39, 0.29) is 29.5 Å². The van der Waals surface area contributed by atoms with Crippen LogP contribution in [0.4, 0.5) is 23.2 Å². The number of benzene rings is 2. The molecule has 3 heterocycles. The number of hydrogen-bond donors (Lipinski definition) is 0. The smallest absolute Gasteiger partial charge is 0.422 e. The van der Waals surface area contributed by atoms with Crippen LogP contribution in [0.2, 0.25) is 0 Å². The Morgan fingerprint density at radius 1 is 1.09 bits per heavy atom. The predicted octanol–water partition coefficient (Wildman–Crippen LogP) is 4.86. The SMILES string of the molecule is COC1(c2ccc(N3Cc4c(ccnc4-c4ccc(F)cc4OCC(F)(F)F)C3=O)cc2)COC1. The minimum atomic E-state index is -4.60. The summed E-state index contributed by atoms with van der Waals surface area (Å²) in [4.78, 5) is 19.0. The zero-order valence-corrected chi connectivity index (χ0v) is 18.6. The number of anilines is 1. The van der Waals surface area contributed by atoms with E-state index in [1.807, 2.05) is 12.1 Å². The number of ether oxygens (including phenoxy) is 3. The number of nitrogens with zero attached hydrogens (tertiary/aromatic N) is 2. The lowest BCUT2D eigenvalue weighted by molar-refractivity contribution is -0.202. The number of aromatic nitrogens is 1. The van der Waals surface area contributed by atoms with Gasteiger partial charge in [0.1, 0.15) is 17.2 Å². The largest absolute Gasteiger partial charge is 0.483 e. The number of rotatable bonds is 6. The van der Waals surface area contributed by atoms with Crippen molar-refractivity contribution in [2.75, 3.05) is 31.8 Å². The second kappa shape index (κ2) is 8.62. The fraction of sp³-hybridized carbons (Fsp3) is 0.280. The number of pyridine rings is 1. The van der Waals surface area contributed by atoms with Crippen LogP contribution < -0.4 is 9.64 Å². The lowest BCUT2D eigenvalue weighted by Crippen LogP contribution is -2.48. The van der Waals surface area contributed by atoms with Crippen LogP contribution >= 0.6 is 0 Å². The van der Waals surface area contributed by atoms with Crippen molar-refractivity contribution in [1.29, 1.82) is 0 Å². The lowest BCUT2D eigenvalue weighted by Gasteiger charge is -2.40. The van der Waals surface area contributed by atoms with Crippen LogP contribution in [0.25, 0.3) is 11.3 Å². The number of carbonyl (C=O) groups is 1. The third-order valence-corrected chi connectivity index (χ3v) is 6.20. The van der Waals surface area contributed by atoms with E-state index in [0.29, 0.717) is 30.0 Å². The lowest BCUT2D eigenvalue weighted by atomic mass is 9.91. The van der Waals surface area contributed by atoms with Gasteiger partial charge in [0.05, 0.1) is 25.5 Å². The van der Waals surface area contributed by atoms with Crippen molar-refractivity contribution in [3.63, 3.8) is 0 Å². The van der Waals surface area contributed by atoms with E-state index in [2.05, 4.69) is 4.98 Å². The molecule has 2 aliphatic heterocycles. The Morgan fingerprint density at radius 3 is 2.46 bits per heavy atom. The van der Waals surface area contributed by atoms with E-state index < -0.39 is 24.2 Å². The van der Waals surface area contributed by atoms with Crippen molar-refractivity contribution in [3.05, 3.63) is 77.2 Å². The van der Waals surface area contributed by atoms with Gasteiger partial charge in [0.2, 0.25) is 0 Å². The van der Waals surface area contributed by atoms with Crippen LogP contribution in [0.1, 0.15) is 21.5 Å². The third kappa shape index (κ3) is 4.23. The van der Waals surface area contributed by atoms with Crippen molar-refractivity contribution in [1.82, 2.24) is 4.98 Å². The van der Waals surface area contributed by atoms with Gasteiger partial charge >= 0.3 is 6.18 Å². The van der Waals surface area contributed by atoms with Crippen molar-refractivity contribution in [2.24, 2.45) is 0 Å². The fourth-order valence-electron chi connectivity index (χ4n) is 4.27. The second-order valence-corrected chi connectivity index (χ2v) is 8.36. The molecule has 0 unspecified atom stereocenters. The summed E-state index contributed by atoms with van der Waals surface area (Å²) < 4.78 is 67.8. The standard InChI is InChI=1S/C25H20F4N2O4/c1-33-24(12-34-13-24)15-2-5-17(6-3-15)31-11-20-18(23(31)32)8-9-30-22(20)19-7-4-16(26)10-21(19)35-14-25(27,28)29/h2-10H,11-14H2,1H3. The van der Waals surface area contributed by atoms with Gasteiger partial charge in [0, 0.05) is 41.8 Å².